The average molecular weight is 211 g/mol. The van der Waals surface area contributed by atoms with Crippen molar-refractivity contribution in [3.05, 3.63) is 11.9 Å². The first kappa shape index (κ1) is 11.8. The van der Waals surface area contributed by atoms with Crippen molar-refractivity contribution in [1.82, 2.24) is 15.0 Å². The highest BCUT2D eigenvalue weighted by atomic mass is 16.5. The smallest absolute Gasteiger partial charge is 0.167 e. The van der Waals surface area contributed by atoms with E-state index in [2.05, 4.69) is 10.3 Å². The molecule has 1 heterocycles. The molecule has 0 amide bonds. The molecule has 5 nitrogen and oxygen atoms in total. The fraction of sp³-hybridized carbons (Fsp3) is 0.700. The Kier molecular flexibility index (Phi) is 3.96. The maximum Gasteiger partial charge on any atom is 0.167 e. The Bertz CT molecular complexity index is 333. The lowest BCUT2D eigenvalue weighted by molar-refractivity contribution is -0.130. The Morgan fingerprint density at radius 1 is 1.60 bits per heavy atom. The molecule has 84 valence electrons. The Morgan fingerprint density at radius 2 is 2.27 bits per heavy atom. The zero-order valence-electron chi connectivity index (χ0n) is 9.60. The molecule has 0 aliphatic carbocycles. The number of rotatable bonds is 5. The number of aryl methyl sites for hydroxylation is 1. The largest absolute Gasteiger partial charge is 0.373 e. The summed E-state index contributed by atoms with van der Waals surface area (Å²) < 4.78 is 6.73. The van der Waals surface area contributed by atoms with Crippen LogP contribution in [0.3, 0.4) is 0 Å². The molecule has 1 aromatic rings. The van der Waals surface area contributed by atoms with Crippen LogP contribution in [-0.4, -0.2) is 34.0 Å². The van der Waals surface area contributed by atoms with Crippen LogP contribution in [0.1, 0.15) is 19.5 Å². The zero-order chi connectivity index (χ0) is 11.4. The van der Waals surface area contributed by atoms with E-state index in [-0.39, 0.29) is 24.2 Å². The summed E-state index contributed by atoms with van der Waals surface area (Å²) in [5.74, 6) is 0.229. The van der Waals surface area contributed by atoms with Crippen molar-refractivity contribution in [2.75, 3.05) is 7.11 Å². The molecule has 1 rings (SSSR count). The number of hydrogen-bond acceptors (Lipinski definition) is 4. The minimum atomic E-state index is -0.355. The number of carbonyl (C=O) groups is 1. The fourth-order valence-electron chi connectivity index (χ4n) is 1.53. The zero-order valence-corrected chi connectivity index (χ0v) is 9.60. The maximum absolute atomic E-state index is 11.8. The number of ether oxygens (including phenoxy) is 1. The highest BCUT2D eigenvalue weighted by molar-refractivity contribution is 5.85. The van der Waals surface area contributed by atoms with Gasteiger partial charge in [0.2, 0.25) is 0 Å². The van der Waals surface area contributed by atoms with Crippen LogP contribution in [0.15, 0.2) is 6.20 Å². The molecular formula is C10H17N3O2. The summed E-state index contributed by atoms with van der Waals surface area (Å²) in [5.41, 5.74) is 0.685. The van der Waals surface area contributed by atoms with Gasteiger partial charge in [0.15, 0.2) is 5.78 Å². The van der Waals surface area contributed by atoms with E-state index in [1.165, 1.54) is 0 Å². The summed E-state index contributed by atoms with van der Waals surface area (Å²) >= 11 is 0. The molecular weight excluding hydrogens is 194 g/mol. The van der Waals surface area contributed by atoms with Crippen LogP contribution >= 0.6 is 0 Å². The lowest BCUT2D eigenvalue weighted by atomic mass is 10.0. The Morgan fingerprint density at radius 3 is 2.67 bits per heavy atom. The number of carbonyl (C=O) groups excluding carboxylic acids is 1. The summed E-state index contributed by atoms with van der Waals surface area (Å²) in [7, 11) is 3.33. The lowest BCUT2D eigenvalue weighted by Crippen LogP contribution is -2.30. The van der Waals surface area contributed by atoms with Gasteiger partial charge < -0.3 is 4.74 Å². The van der Waals surface area contributed by atoms with E-state index in [0.717, 1.165) is 0 Å². The van der Waals surface area contributed by atoms with E-state index in [9.17, 15) is 4.79 Å². The SMILES string of the molecule is COC(C(=O)Cc1cn(C)nn1)C(C)C. The van der Waals surface area contributed by atoms with Crippen LogP contribution in [0, 0.1) is 5.92 Å². The van der Waals surface area contributed by atoms with Crippen molar-refractivity contribution in [3.8, 4) is 0 Å². The molecule has 0 N–H and O–H groups in total. The molecule has 0 bridgehead atoms. The van der Waals surface area contributed by atoms with E-state index in [1.54, 1.807) is 25.0 Å². The first-order valence-corrected chi connectivity index (χ1v) is 4.95. The van der Waals surface area contributed by atoms with Gasteiger partial charge in [-0.1, -0.05) is 19.1 Å². The molecule has 0 aliphatic heterocycles. The summed E-state index contributed by atoms with van der Waals surface area (Å²) in [6, 6.07) is 0. The molecule has 0 aliphatic rings. The predicted molar refractivity (Wildman–Crippen MR) is 55.3 cm³/mol. The number of methoxy groups -OCH3 is 1. The number of nitrogens with zero attached hydrogens (tertiary/aromatic N) is 3. The first-order chi connectivity index (χ1) is 7.04. The summed E-state index contributed by atoms with van der Waals surface area (Å²) in [5, 5.41) is 7.64. The van der Waals surface area contributed by atoms with Crippen LogP contribution in [0.25, 0.3) is 0 Å². The molecule has 0 fully saturated rings. The normalized spacial score (nSPS) is 13.1. The number of ketones is 1. The van der Waals surface area contributed by atoms with Crippen molar-refractivity contribution in [2.45, 2.75) is 26.4 Å². The van der Waals surface area contributed by atoms with E-state index < -0.39 is 0 Å². The van der Waals surface area contributed by atoms with E-state index >= 15 is 0 Å². The summed E-state index contributed by atoms with van der Waals surface area (Å²) in [4.78, 5) is 11.8. The quantitative estimate of drug-likeness (QED) is 0.715. The van der Waals surface area contributed by atoms with Gasteiger partial charge in [-0.15, -0.1) is 5.10 Å². The average Bonchev–Trinajstić information content (AvgIpc) is 2.51. The molecule has 0 aromatic carbocycles. The van der Waals surface area contributed by atoms with Gasteiger partial charge in [0.1, 0.15) is 6.10 Å². The van der Waals surface area contributed by atoms with E-state index in [4.69, 9.17) is 4.74 Å². The van der Waals surface area contributed by atoms with Gasteiger partial charge in [-0.25, -0.2) is 0 Å². The maximum atomic E-state index is 11.8. The van der Waals surface area contributed by atoms with Crippen LogP contribution in [-0.2, 0) is 23.0 Å². The van der Waals surface area contributed by atoms with Gasteiger partial charge in [0.05, 0.1) is 12.1 Å². The van der Waals surface area contributed by atoms with Crippen LogP contribution in [0.5, 0.6) is 0 Å². The number of Topliss-reactive ketones (excluding diaryl/α,β-unsaturated/α-hetero) is 1. The highest BCUT2D eigenvalue weighted by Gasteiger charge is 2.22. The van der Waals surface area contributed by atoms with Gasteiger partial charge >= 0.3 is 0 Å². The Balaban J connectivity index is 2.62. The fourth-order valence-corrected chi connectivity index (χ4v) is 1.53. The monoisotopic (exact) mass is 211 g/mol. The van der Waals surface area contributed by atoms with Gasteiger partial charge in [0, 0.05) is 20.4 Å². The van der Waals surface area contributed by atoms with Gasteiger partial charge in [0.25, 0.3) is 0 Å². The second-order valence-electron chi connectivity index (χ2n) is 3.93. The van der Waals surface area contributed by atoms with Crippen molar-refractivity contribution in [1.29, 1.82) is 0 Å². The van der Waals surface area contributed by atoms with Crippen LogP contribution < -0.4 is 0 Å². The molecule has 0 saturated carbocycles. The Labute approximate surface area is 89.4 Å². The van der Waals surface area contributed by atoms with Crippen molar-refractivity contribution >= 4 is 5.78 Å². The van der Waals surface area contributed by atoms with Crippen molar-refractivity contribution in [3.63, 3.8) is 0 Å². The molecule has 1 atom stereocenters. The number of aromatic nitrogens is 3. The third-order valence-corrected chi connectivity index (χ3v) is 2.18. The lowest BCUT2D eigenvalue weighted by Gasteiger charge is -2.16. The Hall–Kier alpha value is -1.23. The van der Waals surface area contributed by atoms with Crippen LogP contribution in [0.2, 0.25) is 0 Å². The summed E-state index contributed by atoms with van der Waals surface area (Å²) in [6.07, 6.45) is 1.67. The molecule has 0 saturated heterocycles. The molecule has 5 heteroatoms. The van der Waals surface area contributed by atoms with E-state index in [1.807, 2.05) is 13.8 Å². The van der Waals surface area contributed by atoms with Crippen LogP contribution in [0.4, 0.5) is 0 Å². The van der Waals surface area contributed by atoms with Gasteiger partial charge in [-0.05, 0) is 5.92 Å². The molecule has 0 radical (unpaired) electrons. The predicted octanol–water partition coefficient (Wildman–Crippen LogP) is 0.598. The van der Waals surface area contributed by atoms with Crippen molar-refractivity contribution in [2.24, 2.45) is 13.0 Å². The minimum Gasteiger partial charge on any atom is -0.373 e. The molecule has 0 spiro atoms. The van der Waals surface area contributed by atoms with Gasteiger partial charge in [-0.3, -0.25) is 9.48 Å². The number of hydrogen-bond donors (Lipinski definition) is 0. The topological polar surface area (TPSA) is 57.0 Å². The molecule has 15 heavy (non-hydrogen) atoms. The second-order valence-corrected chi connectivity index (χ2v) is 3.93. The third kappa shape index (κ3) is 3.13. The standard InChI is InChI=1S/C10H17N3O2/c1-7(2)10(15-4)9(14)5-8-6-13(3)12-11-8/h6-7,10H,5H2,1-4H3. The summed E-state index contributed by atoms with van der Waals surface area (Å²) in [6.45, 7) is 3.92. The highest BCUT2D eigenvalue weighted by Crippen LogP contribution is 2.09. The second kappa shape index (κ2) is 5.02. The first-order valence-electron chi connectivity index (χ1n) is 4.95. The minimum absolute atomic E-state index is 0.0491. The van der Waals surface area contributed by atoms with E-state index in [0.29, 0.717) is 5.69 Å². The third-order valence-electron chi connectivity index (χ3n) is 2.18. The molecule has 1 unspecified atom stereocenters. The van der Waals surface area contributed by atoms with Crippen molar-refractivity contribution < 1.29 is 9.53 Å². The molecule has 1 aromatic heterocycles. The van der Waals surface area contributed by atoms with Gasteiger partial charge in [-0.2, -0.15) is 0 Å².